The maximum Gasteiger partial charge on any atom is 0.352 e. The second-order valence-corrected chi connectivity index (χ2v) is 8.97. The van der Waals surface area contributed by atoms with Crippen molar-refractivity contribution >= 4 is 27.5 Å². The highest BCUT2D eigenvalue weighted by Gasteiger charge is 2.24. The van der Waals surface area contributed by atoms with Crippen LogP contribution in [0.2, 0.25) is 5.02 Å². The number of hydrogen-bond acceptors (Lipinski definition) is 8. The molecule has 14 heteroatoms. The summed E-state index contributed by atoms with van der Waals surface area (Å²) in [7, 11) is -1.62. The van der Waals surface area contributed by atoms with Gasteiger partial charge in [0.2, 0.25) is 0 Å². The molecule has 0 spiro atoms. The van der Waals surface area contributed by atoms with Crippen LogP contribution in [0.4, 0.5) is 4.39 Å². The number of carbonyl (C=O) groups excluding carboxylic acids is 1. The van der Waals surface area contributed by atoms with Gasteiger partial charge in [-0.1, -0.05) is 11.6 Å². The summed E-state index contributed by atoms with van der Waals surface area (Å²) in [5.41, 5.74) is -2.04. The average Bonchev–Trinajstić information content (AvgIpc) is 2.79. The first-order valence-electron chi connectivity index (χ1n) is 9.46. The van der Waals surface area contributed by atoms with E-state index in [1.807, 2.05) is 4.72 Å². The zero-order valence-corrected chi connectivity index (χ0v) is 19.6. The Balaban J connectivity index is 1.85. The fourth-order valence-corrected chi connectivity index (χ4v) is 3.93. The molecular weight excluding hydrogens is 495 g/mol. The third-order valence-electron chi connectivity index (χ3n) is 4.59. The number of carbonyl (C=O) groups is 1. The summed E-state index contributed by atoms with van der Waals surface area (Å²) >= 11 is 6.00. The highest BCUT2D eigenvalue weighted by Crippen LogP contribution is 2.30. The largest absolute Gasteiger partial charge is 0.497 e. The Morgan fingerprint density at radius 2 is 1.85 bits per heavy atom. The summed E-state index contributed by atoms with van der Waals surface area (Å²) in [5, 5.41) is 3.36. The van der Waals surface area contributed by atoms with Gasteiger partial charge in [-0.3, -0.25) is 14.2 Å². The molecule has 0 aliphatic heterocycles. The molecule has 0 saturated carbocycles. The molecule has 1 heterocycles. The highest BCUT2D eigenvalue weighted by atomic mass is 35.5. The molecule has 3 aromatic rings. The summed E-state index contributed by atoms with van der Waals surface area (Å²) in [5.74, 6) is -1.79. The van der Waals surface area contributed by atoms with Crippen molar-refractivity contribution in [2.24, 2.45) is 7.05 Å². The van der Waals surface area contributed by atoms with Crippen molar-refractivity contribution in [3.8, 4) is 17.2 Å². The molecule has 0 fully saturated rings. The zero-order chi connectivity index (χ0) is 25.2. The second kappa shape index (κ2) is 9.65. The van der Waals surface area contributed by atoms with Crippen LogP contribution in [0.15, 0.2) is 57.1 Å². The van der Waals surface area contributed by atoms with Crippen molar-refractivity contribution in [3.63, 3.8) is 0 Å². The van der Waals surface area contributed by atoms with Gasteiger partial charge in [-0.2, -0.15) is 9.78 Å². The van der Waals surface area contributed by atoms with Crippen LogP contribution < -0.4 is 25.4 Å². The lowest BCUT2D eigenvalue weighted by molar-refractivity contribution is -0.125. The number of hydrogen-bond donors (Lipinski definition) is 1. The van der Waals surface area contributed by atoms with E-state index in [1.165, 1.54) is 45.3 Å². The van der Waals surface area contributed by atoms with E-state index in [0.717, 1.165) is 18.3 Å². The maximum absolute atomic E-state index is 14.5. The van der Waals surface area contributed by atoms with Crippen LogP contribution in [0.3, 0.4) is 0 Å². The summed E-state index contributed by atoms with van der Waals surface area (Å²) in [6.07, 6.45) is -0.579. The predicted octanol–water partition coefficient (Wildman–Crippen LogP) is 1.00. The van der Waals surface area contributed by atoms with Crippen LogP contribution in [-0.2, 0) is 21.9 Å². The van der Waals surface area contributed by atoms with Gasteiger partial charge >= 0.3 is 5.69 Å². The maximum atomic E-state index is 14.5. The molecule has 2 aromatic carbocycles. The van der Waals surface area contributed by atoms with Gasteiger partial charge in [0.05, 0.1) is 17.0 Å². The number of benzene rings is 2. The van der Waals surface area contributed by atoms with Crippen molar-refractivity contribution < 1.29 is 27.1 Å². The van der Waals surface area contributed by atoms with E-state index in [9.17, 15) is 27.2 Å². The van der Waals surface area contributed by atoms with Gasteiger partial charge in [0.1, 0.15) is 23.4 Å². The van der Waals surface area contributed by atoms with Gasteiger partial charge in [-0.15, -0.1) is 0 Å². The lowest BCUT2D eigenvalue weighted by Crippen LogP contribution is -2.40. The Morgan fingerprint density at radius 1 is 1.21 bits per heavy atom. The first-order chi connectivity index (χ1) is 15.9. The Hall–Kier alpha value is -3.71. The molecule has 3 rings (SSSR count). The van der Waals surface area contributed by atoms with E-state index >= 15 is 0 Å². The third kappa shape index (κ3) is 5.10. The summed E-state index contributed by atoms with van der Waals surface area (Å²) in [6.45, 7) is 1.24. The number of nitrogens with zero attached hydrogens (tertiary/aromatic N) is 3. The Labute approximate surface area is 197 Å². The minimum Gasteiger partial charge on any atom is -0.497 e. The van der Waals surface area contributed by atoms with Crippen molar-refractivity contribution in [2.75, 3.05) is 7.11 Å². The third-order valence-corrected chi connectivity index (χ3v) is 6.25. The highest BCUT2D eigenvalue weighted by molar-refractivity contribution is 7.90. The number of ether oxygens (including phenoxy) is 2. The molecule has 0 aliphatic carbocycles. The number of aromatic nitrogens is 3. The monoisotopic (exact) mass is 512 g/mol. The smallest absolute Gasteiger partial charge is 0.352 e. The zero-order valence-electron chi connectivity index (χ0n) is 18.0. The van der Waals surface area contributed by atoms with Crippen molar-refractivity contribution in [3.05, 3.63) is 74.3 Å². The molecule has 1 aromatic heterocycles. The molecule has 1 unspecified atom stereocenters. The summed E-state index contributed by atoms with van der Waals surface area (Å²) in [6, 6.07) is 7.15. The predicted molar refractivity (Wildman–Crippen MR) is 118 cm³/mol. The van der Waals surface area contributed by atoms with Crippen molar-refractivity contribution in [2.45, 2.75) is 17.9 Å². The minimum atomic E-state index is -4.22. The van der Waals surface area contributed by atoms with E-state index in [4.69, 9.17) is 21.1 Å². The first-order valence-corrected chi connectivity index (χ1v) is 11.3. The summed E-state index contributed by atoms with van der Waals surface area (Å²) < 4.78 is 53.0. The number of rotatable bonds is 7. The fraction of sp³-hybridized carbons (Fsp3) is 0.200. The van der Waals surface area contributed by atoms with E-state index < -0.39 is 44.8 Å². The lowest BCUT2D eigenvalue weighted by atomic mass is 10.2. The van der Waals surface area contributed by atoms with E-state index in [0.29, 0.717) is 15.0 Å². The molecule has 1 atom stereocenters. The molecule has 34 heavy (non-hydrogen) atoms. The molecule has 0 aliphatic rings. The topological polar surface area (TPSA) is 139 Å². The average molecular weight is 513 g/mol. The van der Waals surface area contributed by atoms with E-state index in [-0.39, 0.29) is 15.7 Å². The number of sulfonamides is 1. The van der Waals surface area contributed by atoms with Gasteiger partial charge in [0, 0.05) is 13.1 Å². The molecule has 1 N–H and O–H groups in total. The Morgan fingerprint density at radius 3 is 2.47 bits per heavy atom. The van der Waals surface area contributed by atoms with E-state index in [1.54, 1.807) is 0 Å². The molecule has 11 nitrogen and oxygen atoms in total. The van der Waals surface area contributed by atoms with Gasteiger partial charge in [0.15, 0.2) is 11.9 Å². The van der Waals surface area contributed by atoms with Crippen LogP contribution in [0.25, 0.3) is 5.69 Å². The van der Waals surface area contributed by atoms with Crippen LogP contribution in [0, 0.1) is 5.82 Å². The fourth-order valence-electron chi connectivity index (χ4n) is 2.69. The quantitative estimate of drug-likeness (QED) is 0.495. The lowest BCUT2D eigenvalue weighted by Gasteiger charge is -2.17. The standard InChI is InChI=1S/C20H18ClFN4O7S/c1-11(19(28)24-34(30,31)13-6-4-12(32-3)5-7-13)33-17-9-16(15(22)8-14(17)21)26-20(29)25(2)18(27)10-23-26/h4-11H,1-3H3,(H,24,28). The normalized spacial score (nSPS) is 12.1. The Bertz CT molecular complexity index is 1470. The number of halogens is 2. The van der Waals surface area contributed by atoms with Crippen molar-refractivity contribution in [1.29, 1.82) is 0 Å². The summed E-state index contributed by atoms with van der Waals surface area (Å²) in [4.78, 5) is 36.1. The molecule has 0 radical (unpaired) electrons. The molecule has 0 saturated heterocycles. The van der Waals surface area contributed by atoms with Gasteiger partial charge in [0.25, 0.3) is 21.5 Å². The van der Waals surface area contributed by atoms with Crippen LogP contribution in [-0.4, -0.2) is 41.9 Å². The number of amides is 1. The second-order valence-electron chi connectivity index (χ2n) is 6.88. The number of nitrogens with one attached hydrogen (secondary N) is 1. The van der Waals surface area contributed by atoms with Crippen LogP contribution in [0.1, 0.15) is 6.92 Å². The molecule has 0 bridgehead atoms. The number of methoxy groups -OCH3 is 1. The van der Waals surface area contributed by atoms with Gasteiger partial charge < -0.3 is 9.47 Å². The molecular formula is C20H18ClFN4O7S. The van der Waals surface area contributed by atoms with Gasteiger partial charge in [-0.25, -0.2) is 22.3 Å². The molecule has 1 amide bonds. The van der Waals surface area contributed by atoms with Gasteiger partial charge in [-0.05, 0) is 37.3 Å². The van der Waals surface area contributed by atoms with Crippen molar-refractivity contribution in [1.82, 2.24) is 19.1 Å². The minimum absolute atomic E-state index is 0.184. The SMILES string of the molecule is COc1ccc(S(=O)(=O)NC(=O)C(C)Oc2cc(-n3ncc(=O)n(C)c3=O)c(F)cc2Cl)cc1. The first kappa shape index (κ1) is 24.9. The molecule has 180 valence electrons. The van der Waals surface area contributed by atoms with Crippen LogP contribution in [0.5, 0.6) is 11.5 Å². The Kier molecular flexibility index (Phi) is 7.07. The van der Waals surface area contributed by atoms with E-state index in [2.05, 4.69) is 5.10 Å². The van der Waals surface area contributed by atoms with Crippen LogP contribution >= 0.6 is 11.6 Å².